The van der Waals surface area contributed by atoms with Gasteiger partial charge < -0.3 is 19.3 Å². The molecule has 12 heteroatoms. The number of aromatic nitrogens is 2. The molecular weight excluding hydrogens is 581 g/mol. The van der Waals surface area contributed by atoms with Crippen molar-refractivity contribution in [3.8, 4) is 5.75 Å². The Bertz CT molecular complexity index is 1420. The van der Waals surface area contributed by atoms with Crippen LogP contribution in [0.4, 0.5) is 18.9 Å². The molecule has 206 valence electrons. The van der Waals surface area contributed by atoms with E-state index >= 15 is 0 Å². The summed E-state index contributed by atoms with van der Waals surface area (Å²) >= 11 is 3.62. The Kier molecular flexibility index (Phi) is 6.57. The predicted molar refractivity (Wildman–Crippen MR) is 140 cm³/mol. The van der Waals surface area contributed by atoms with Crippen LogP contribution in [0.3, 0.4) is 0 Å². The Balaban J connectivity index is 1.19. The number of amides is 2. The lowest BCUT2D eigenvalue weighted by Crippen LogP contribution is -2.54. The lowest BCUT2D eigenvalue weighted by molar-refractivity contribution is -0.236. The maximum absolute atomic E-state index is 14.0. The van der Waals surface area contributed by atoms with Gasteiger partial charge in [0, 0.05) is 27.7 Å². The smallest absolute Gasteiger partial charge is 0.416 e. The first-order valence-corrected chi connectivity index (χ1v) is 13.6. The van der Waals surface area contributed by atoms with Crippen LogP contribution >= 0.6 is 15.9 Å². The Morgan fingerprint density at radius 1 is 1.23 bits per heavy atom. The van der Waals surface area contributed by atoms with Gasteiger partial charge in [0.25, 0.3) is 0 Å². The van der Waals surface area contributed by atoms with Gasteiger partial charge in [-0.3, -0.25) is 14.7 Å². The summed E-state index contributed by atoms with van der Waals surface area (Å²) in [6.45, 7) is -1.05. The number of hydrogen-bond acceptors (Lipinski definition) is 5. The summed E-state index contributed by atoms with van der Waals surface area (Å²) in [6.07, 6.45) is -2.61. The van der Waals surface area contributed by atoms with Crippen molar-refractivity contribution in [2.24, 2.45) is 0 Å². The lowest BCUT2D eigenvalue weighted by atomic mass is 9.69. The number of aromatic amines is 1. The maximum Gasteiger partial charge on any atom is 0.416 e. The van der Waals surface area contributed by atoms with Gasteiger partial charge in [-0.15, -0.1) is 0 Å². The van der Waals surface area contributed by atoms with E-state index in [1.807, 2.05) is 24.3 Å². The number of fused-ring (bicyclic) bond motifs is 3. The van der Waals surface area contributed by atoms with Crippen LogP contribution in [0.15, 0.2) is 47.1 Å². The number of H-pyrrole nitrogens is 1. The molecule has 39 heavy (non-hydrogen) atoms. The number of carbonyl (C=O) groups is 2. The van der Waals surface area contributed by atoms with Gasteiger partial charge in [-0.25, -0.2) is 0 Å². The zero-order chi connectivity index (χ0) is 27.4. The zero-order valence-corrected chi connectivity index (χ0v) is 22.4. The third kappa shape index (κ3) is 4.67. The fourth-order valence-corrected chi connectivity index (χ4v) is 6.74. The number of alkyl halides is 3. The van der Waals surface area contributed by atoms with E-state index in [0.717, 1.165) is 31.6 Å². The van der Waals surface area contributed by atoms with E-state index in [4.69, 9.17) is 9.47 Å². The highest BCUT2D eigenvalue weighted by Crippen LogP contribution is 2.53. The summed E-state index contributed by atoms with van der Waals surface area (Å²) in [5.74, 6) is 0.00579. The summed E-state index contributed by atoms with van der Waals surface area (Å²) in [4.78, 5) is 29.7. The highest BCUT2D eigenvalue weighted by Gasteiger charge is 2.54. The molecule has 1 N–H and O–H groups in total. The topological polar surface area (TPSA) is 87.8 Å². The first-order chi connectivity index (χ1) is 18.7. The van der Waals surface area contributed by atoms with Crippen LogP contribution in [0.5, 0.6) is 5.75 Å². The predicted octanol–water partition coefficient (Wildman–Crippen LogP) is 4.72. The fourth-order valence-electron chi connectivity index (χ4n) is 6.00. The molecule has 0 bridgehead atoms. The molecule has 2 fully saturated rings. The summed E-state index contributed by atoms with van der Waals surface area (Å²) in [5.41, 5.74) is 1.54. The molecule has 1 saturated carbocycles. The normalized spacial score (nSPS) is 25.4. The number of hydrogen-bond donors (Lipinski definition) is 1. The molecule has 0 radical (unpaired) electrons. The molecule has 1 spiro atoms. The molecule has 2 amide bonds. The van der Waals surface area contributed by atoms with Crippen molar-refractivity contribution in [2.75, 3.05) is 31.1 Å². The largest absolute Gasteiger partial charge is 0.490 e. The number of nitrogens with one attached hydrogen (secondary N) is 1. The van der Waals surface area contributed by atoms with E-state index in [0.29, 0.717) is 31.4 Å². The number of rotatable bonds is 4. The molecule has 1 atom stereocenters. The Morgan fingerprint density at radius 2 is 2.03 bits per heavy atom. The van der Waals surface area contributed by atoms with Crippen molar-refractivity contribution < 1.29 is 32.2 Å². The second-order valence-corrected chi connectivity index (χ2v) is 11.1. The van der Waals surface area contributed by atoms with Crippen LogP contribution < -0.4 is 9.64 Å². The van der Waals surface area contributed by atoms with Gasteiger partial charge in [0.15, 0.2) is 6.10 Å². The molecule has 1 aliphatic carbocycles. The first-order valence-electron chi connectivity index (χ1n) is 12.8. The van der Waals surface area contributed by atoms with E-state index in [9.17, 15) is 22.8 Å². The Morgan fingerprint density at radius 3 is 2.79 bits per heavy atom. The number of anilines is 1. The van der Waals surface area contributed by atoms with Gasteiger partial charge in [0.1, 0.15) is 12.3 Å². The van der Waals surface area contributed by atoms with Gasteiger partial charge >= 0.3 is 6.18 Å². The average molecular weight is 607 g/mol. The molecule has 1 unspecified atom stereocenters. The van der Waals surface area contributed by atoms with Gasteiger partial charge in [-0.2, -0.15) is 18.3 Å². The van der Waals surface area contributed by atoms with Gasteiger partial charge in [-0.05, 0) is 56.0 Å². The number of carbonyl (C=O) groups excluding carboxylic acids is 2. The van der Waals surface area contributed by atoms with Crippen LogP contribution in [0.25, 0.3) is 10.9 Å². The van der Waals surface area contributed by atoms with Crippen molar-refractivity contribution in [3.05, 3.63) is 52.6 Å². The van der Waals surface area contributed by atoms with Crippen molar-refractivity contribution in [2.45, 2.75) is 49.5 Å². The zero-order valence-electron chi connectivity index (χ0n) is 20.8. The van der Waals surface area contributed by atoms with Crippen LogP contribution in [0, 0.1) is 0 Å². The molecule has 2 aliphatic heterocycles. The number of morpholine rings is 1. The van der Waals surface area contributed by atoms with E-state index < -0.39 is 30.1 Å². The van der Waals surface area contributed by atoms with E-state index in [-0.39, 0.29) is 31.7 Å². The highest BCUT2D eigenvalue weighted by molar-refractivity contribution is 9.10. The van der Waals surface area contributed by atoms with E-state index in [1.165, 1.54) is 4.90 Å². The average Bonchev–Trinajstić information content (AvgIpc) is 3.47. The van der Waals surface area contributed by atoms with Crippen molar-refractivity contribution in [1.29, 1.82) is 0 Å². The minimum absolute atomic E-state index is 0.0492. The number of halogens is 4. The fraction of sp³-hybridized carbons (Fsp3) is 0.444. The minimum Gasteiger partial charge on any atom is -0.490 e. The molecule has 1 saturated heterocycles. The quantitative estimate of drug-likeness (QED) is 0.464. The molecule has 3 aliphatic rings. The van der Waals surface area contributed by atoms with Crippen molar-refractivity contribution >= 4 is 44.3 Å². The molecule has 6 rings (SSSR count). The maximum atomic E-state index is 14.0. The summed E-state index contributed by atoms with van der Waals surface area (Å²) in [7, 11) is 0. The molecule has 3 aromatic rings. The van der Waals surface area contributed by atoms with Gasteiger partial charge in [0.2, 0.25) is 11.8 Å². The van der Waals surface area contributed by atoms with Crippen LogP contribution in [-0.4, -0.2) is 71.5 Å². The first kappa shape index (κ1) is 26.1. The third-order valence-electron chi connectivity index (χ3n) is 7.99. The second kappa shape index (κ2) is 9.81. The molecule has 3 heterocycles. The van der Waals surface area contributed by atoms with Gasteiger partial charge in [-0.1, -0.05) is 22.0 Å². The van der Waals surface area contributed by atoms with Crippen LogP contribution in [-0.2, 0) is 19.7 Å². The molecule has 1 aromatic heterocycles. The van der Waals surface area contributed by atoms with Crippen molar-refractivity contribution in [3.63, 3.8) is 0 Å². The lowest BCUT2D eigenvalue weighted by Gasteiger charge is -2.37. The van der Waals surface area contributed by atoms with Crippen molar-refractivity contribution in [1.82, 2.24) is 15.1 Å². The minimum atomic E-state index is -4.56. The van der Waals surface area contributed by atoms with Crippen LogP contribution in [0.1, 0.15) is 31.2 Å². The van der Waals surface area contributed by atoms with Crippen LogP contribution in [0.2, 0.25) is 0 Å². The third-order valence-corrected chi connectivity index (χ3v) is 8.65. The van der Waals surface area contributed by atoms with Gasteiger partial charge in [0.05, 0.1) is 36.4 Å². The Labute approximate surface area is 230 Å². The number of nitrogens with zero attached hydrogens (tertiary/aromatic N) is 3. The Hall–Kier alpha value is -3.12. The summed E-state index contributed by atoms with van der Waals surface area (Å²) < 4.78 is 51.5. The summed E-state index contributed by atoms with van der Waals surface area (Å²) in [5, 5.41) is 7.90. The number of benzene rings is 2. The molecule has 2 aromatic carbocycles. The second-order valence-electron chi connectivity index (χ2n) is 10.3. The molecule has 8 nitrogen and oxygen atoms in total. The summed E-state index contributed by atoms with van der Waals surface area (Å²) in [6, 6.07) is 11.2. The molecular formula is C27H26BrF3N4O4. The highest BCUT2D eigenvalue weighted by atomic mass is 79.9. The van der Waals surface area contributed by atoms with E-state index in [1.54, 1.807) is 18.3 Å². The monoisotopic (exact) mass is 606 g/mol. The SMILES string of the molecule is O=C(CN1C(=O)C2(CCC(Oc3ccc4[nH]ncc4c3)CC2)c2c(Br)cccc21)N1CCOC(C(F)(F)F)C1. The number of ether oxygens (including phenoxy) is 2. The standard InChI is InChI=1S/C27H26BrF3N4O4/c28-19-2-1-3-21-24(19)26(8-6-17(7-9-26)39-18-4-5-20-16(12-18)13-32-33-20)25(37)35(21)15-23(36)34-10-11-38-22(14-34)27(29,30)31/h1-5,12-13,17,22H,6-11,14-15H2,(H,32,33). The van der Waals surface area contributed by atoms with E-state index in [2.05, 4.69) is 26.1 Å².